The maximum Gasteiger partial charge on any atom is 0.542 e. The van der Waals surface area contributed by atoms with Crippen LogP contribution in [-0.4, -0.2) is 41.4 Å². The SMILES string of the molecule is C1=CC[N-]C=C1.C1CC[N-]CC1.C1CC[N-]CC1.[Br][Al]([Br])[Br]. The summed E-state index contributed by atoms with van der Waals surface area (Å²) >= 11 is 9.73. The van der Waals surface area contributed by atoms with Gasteiger partial charge in [-0.05, 0) is 0 Å². The fourth-order valence-electron chi connectivity index (χ4n) is 1.84. The molecular weight excluding hydrogens is 489 g/mol. The van der Waals surface area contributed by atoms with Crippen molar-refractivity contribution >= 4 is 50.8 Å². The zero-order valence-electron chi connectivity index (χ0n) is 13.1. The molecule has 0 aromatic heterocycles. The Morgan fingerprint density at radius 2 is 1.14 bits per heavy atom. The first-order valence-corrected chi connectivity index (χ1v) is 17.5. The summed E-state index contributed by atoms with van der Waals surface area (Å²) < 4.78 is 0. The first-order valence-electron chi connectivity index (χ1n) is 7.90. The molecule has 3 heterocycles. The van der Waals surface area contributed by atoms with Crippen molar-refractivity contribution in [1.82, 2.24) is 0 Å². The molecule has 0 saturated carbocycles. The van der Waals surface area contributed by atoms with Crippen LogP contribution in [0, 0.1) is 0 Å². The number of hydrogen-bond acceptors (Lipinski definition) is 0. The van der Waals surface area contributed by atoms with Crippen LogP contribution in [0.3, 0.4) is 0 Å². The number of rotatable bonds is 0. The van der Waals surface area contributed by atoms with Crippen molar-refractivity contribution in [2.24, 2.45) is 0 Å². The lowest BCUT2D eigenvalue weighted by atomic mass is 10.2. The van der Waals surface area contributed by atoms with Gasteiger partial charge in [0.2, 0.25) is 0 Å². The molecule has 0 aromatic carbocycles. The molecule has 128 valence electrons. The first kappa shape index (κ1) is 23.2. The summed E-state index contributed by atoms with van der Waals surface area (Å²) in [7, 11) is -0.701. The highest BCUT2D eigenvalue weighted by atomic mass is 80.0. The normalized spacial score (nSPS) is 19.0. The van der Waals surface area contributed by atoms with E-state index in [1.54, 1.807) is 6.20 Å². The highest BCUT2D eigenvalue weighted by Gasteiger charge is 1.95. The summed E-state index contributed by atoms with van der Waals surface area (Å²) in [6, 6.07) is 0. The molecule has 22 heavy (non-hydrogen) atoms. The van der Waals surface area contributed by atoms with Crippen LogP contribution in [0.5, 0.6) is 0 Å². The van der Waals surface area contributed by atoms with E-state index >= 15 is 0 Å². The van der Waals surface area contributed by atoms with E-state index in [2.05, 4.69) is 58.1 Å². The monoisotopic (exact) mass is 512 g/mol. The van der Waals surface area contributed by atoms with Crippen LogP contribution in [0.1, 0.15) is 38.5 Å². The molecular formula is C15H26AlBr3N3-3. The Balaban J connectivity index is 0.000000271. The van der Waals surface area contributed by atoms with Crippen LogP contribution in [0.15, 0.2) is 24.4 Å². The van der Waals surface area contributed by atoms with Gasteiger partial charge in [-0.25, -0.2) is 0 Å². The molecule has 0 bridgehead atoms. The van der Waals surface area contributed by atoms with Gasteiger partial charge in [0, 0.05) is 0 Å². The van der Waals surface area contributed by atoms with E-state index in [1.807, 2.05) is 18.2 Å². The molecule has 0 unspecified atom stereocenters. The van der Waals surface area contributed by atoms with Crippen molar-refractivity contribution < 1.29 is 0 Å². The third-order valence-corrected chi connectivity index (χ3v) is 2.91. The van der Waals surface area contributed by atoms with Gasteiger partial charge < -0.3 is 16.0 Å². The van der Waals surface area contributed by atoms with Gasteiger partial charge in [0.05, 0.1) is 0 Å². The quantitative estimate of drug-likeness (QED) is 0.323. The van der Waals surface area contributed by atoms with Gasteiger partial charge >= 0.3 is 8.67 Å². The highest BCUT2D eigenvalue weighted by molar-refractivity contribution is 9.69. The van der Waals surface area contributed by atoms with Gasteiger partial charge in [-0.15, -0.1) is 38.8 Å². The van der Waals surface area contributed by atoms with E-state index in [0.29, 0.717) is 0 Å². The third-order valence-electron chi connectivity index (χ3n) is 2.91. The fourth-order valence-corrected chi connectivity index (χ4v) is 1.84. The average molecular weight is 515 g/mol. The smallest absolute Gasteiger partial charge is 0.542 e. The largest absolute Gasteiger partial charge is 0.687 e. The van der Waals surface area contributed by atoms with E-state index in [4.69, 9.17) is 0 Å². The molecule has 3 aliphatic rings. The van der Waals surface area contributed by atoms with E-state index in [0.717, 1.165) is 32.7 Å². The Bertz CT molecular complexity index is 219. The molecule has 0 spiro atoms. The van der Waals surface area contributed by atoms with E-state index in [-0.39, 0.29) is 0 Å². The second-order valence-corrected chi connectivity index (χ2v) is 24.6. The molecule has 3 rings (SSSR count). The molecule has 3 nitrogen and oxygen atoms in total. The Morgan fingerprint density at radius 1 is 0.682 bits per heavy atom. The van der Waals surface area contributed by atoms with Gasteiger partial charge in [-0.3, -0.25) is 0 Å². The van der Waals surface area contributed by atoms with Crippen LogP contribution in [-0.2, 0) is 0 Å². The van der Waals surface area contributed by atoms with Crippen LogP contribution in [0.4, 0.5) is 0 Å². The molecule has 2 saturated heterocycles. The van der Waals surface area contributed by atoms with Gasteiger partial charge in [0.1, 0.15) is 0 Å². The maximum atomic E-state index is 4.18. The van der Waals surface area contributed by atoms with Crippen molar-refractivity contribution in [3.05, 3.63) is 40.4 Å². The molecule has 7 heteroatoms. The first-order chi connectivity index (χ1) is 10.7. The van der Waals surface area contributed by atoms with Crippen molar-refractivity contribution in [2.75, 3.05) is 32.7 Å². The summed E-state index contributed by atoms with van der Waals surface area (Å²) in [5.41, 5.74) is 0. The molecule has 3 aliphatic heterocycles. The van der Waals surface area contributed by atoms with Crippen LogP contribution >= 0.6 is 42.2 Å². The molecule has 0 amide bonds. The summed E-state index contributed by atoms with van der Waals surface area (Å²) in [6.07, 6.45) is 15.9. The lowest BCUT2D eigenvalue weighted by Crippen LogP contribution is -1.96. The van der Waals surface area contributed by atoms with E-state index < -0.39 is 8.67 Å². The van der Waals surface area contributed by atoms with Crippen molar-refractivity contribution in [1.29, 1.82) is 0 Å². The highest BCUT2D eigenvalue weighted by Crippen LogP contribution is 2.08. The molecule has 0 N–H and O–H groups in total. The van der Waals surface area contributed by atoms with Gasteiger partial charge in [-0.1, -0.05) is 50.7 Å². The Labute approximate surface area is 161 Å². The molecule has 0 radical (unpaired) electrons. The summed E-state index contributed by atoms with van der Waals surface area (Å²) in [6.45, 7) is 5.36. The summed E-state index contributed by atoms with van der Waals surface area (Å²) in [4.78, 5) is 0. The fraction of sp³-hybridized carbons (Fsp3) is 0.733. The van der Waals surface area contributed by atoms with Crippen molar-refractivity contribution in [3.8, 4) is 0 Å². The average Bonchev–Trinajstić information content (AvgIpc) is 2.60. The zero-order chi connectivity index (χ0) is 16.3. The van der Waals surface area contributed by atoms with Crippen molar-refractivity contribution in [3.63, 3.8) is 0 Å². The second-order valence-electron chi connectivity index (χ2n) is 4.85. The lowest BCUT2D eigenvalue weighted by molar-refractivity contribution is 0.669. The zero-order valence-corrected chi connectivity index (χ0v) is 19.1. The number of nitrogens with zero attached hydrogens (tertiary/aromatic N) is 3. The molecule has 0 aromatic rings. The number of halogens is 3. The minimum atomic E-state index is -0.701. The topological polar surface area (TPSA) is 42.3 Å². The minimum Gasteiger partial charge on any atom is -0.687 e. The molecule has 0 aliphatic carbocycles. The van der Waals surface area contributed by atoms with Crippen LogP contribution in [0.2, 0.25) is 0 Å². The summed E-state index contributed by atoms with van der Waals surface area (Å²) in [5, 5.41) is 12.3. The Kier molecular flexibility index (Phi) is 21.3. The summed E-state index contributed by atoms with van der Waals surface area (Å²) in [5.74, 6) is 0. The molecule has 0 atom stereocenters. The van der Waals surface area contributed by atoms with Gasteiger partial charge in [0.25, 0.3) is 0 Å². The number of piperidine rings is 2. The standard InChI is InChI=1S/2C5H10N.C5H6N.Al.3BrH/c3*1-2-4-6-5-3-1;;;;/h2*1-5H2;1-4H,5H2;;3*1H/q3*-1;+3;;;/p-3. The second kappa shape index (κ2) is 20.2. The third kappa shape index (κ3) is 23.4. The minimum absolute atomic E-state index is 0.701. The maximum absolute atomic E-state index is 4.18. The Hall–Kier alpha value is 1.17. The Morgan fingerprint density at radius 3 is 1.23 bits per heavy atom. The van der Waals surface area contributed by atoms with E-state index in [9.17, 15) is 0 Å². The number of allylic oxidation sites excluding steroid dienone is 2. The predicted octanol–water partition coefficient (Wildman–Crippen LogP) is 6.69. The van der Waals surface area contributed by atoms with Crippen molar-refractivity contribution in [2.45, 2.75) is 38.5 Å². The van der Waals surface area contributed by atoms with Crippen LogP contribution in [0.25, 0.3) is 16.0 Å². The van der Waals surface area contributed by atoms with Gasteiger partial charge in [0.15, 0.2) is 0 Å². The number of hydrogen-bond donors (Lipinski definition) is 0. The molecule has 2 fully saturated rings. The predicted molar refractivity (Wildman–Crippen MR) is 113 cm³/mol. The van der Waals surface area contributed by atoms with Crippen LogP contribution < -0.4 is 0 Å². The van der Waals surface area contributed by atoms with Gasteiger partial charge in [-0.2, -0.15) is 48.4 Å². The van der Waals surface area contributed by atoms with E-state index in [1.165, 1.54) is 38.5 Å². The lowest BCUT2D eigenvalue weighted by Gasteiger charge is -2.23.